The van der Waals surface area contributed by atoms with E-state index in [9.17, 15) is 4.79 Å². The first-order chi connectivity index (χ1) is 18.6. The maximum Gasteiger partial charge on any atom is 0.270 e. The van der Waals surface area contributed by atoms with Crippen LogP contribution in [0.25, 0.3) is 11.3 Å². The molecule has 8 heteroatoms. The highest BCUT2D eigenvalue weighted by atomic mass is 16.7. The molecule has 2 aliphatic rings. The van der Waals surface area contributed by atoms with Gasteiger partial charge in [-0.2, -0.15) is 0 Å². The zero-order valence-electron chi connectivity index (χ0n) is 21.5. The smallest absolute Gasteiger partial charge is 0.270 e. The van der Waals surface area contributed by atoms with Gasteiger partial charge in [0, 0.05) is 68.5 Å². The van der Waals surface area contributed by atoms with Gasteiger partial charge in [-0.05, 0) is 48.4 Å². The zero-order valence-corrected chi connectivity index (χ0v) is 21.5. The summed E-state index contributed by atoms with van der Waals surface area (Å²) in [6.45, 7) is 8.08. The van der Waals surface area contributed by atoms with Gasteiger partial charge in [-0.25, -0.2) is 0 Å². The molecule has 2 aromatic heterocycles. The Kier molecular flexibility index (Phi) is 6.81. The average molecular weight is 510 g/mol. The minimum Gasteiger partial charge on any atom is -0.454 e. The molecule has 0 aliphatic carbocycles. The topological polar surface area (TPSA) is 71.9 Å². The van der Waals surface area contributed by atoms with Crippen molar-refractivity contribution in [3.05, 3.63) is 102 Å². The molecular weight excluding hydrogens is 478 g/mol. The molecule has 2 aliphatic heterocycles. The monoisotopic (exact) mass is 509 g/mol. The van der Waals surface area contributed by atoms with Crippen LogP contribution in [0.3, 0.4) is 0 Å². The van der Waals surface area contributed by atoms with Gasteiger partial charge >= 0.3 is 0 Å². The molecule has 0 saturated carbocycles. The van der Waals surface area contributed by atoms with Crippen molar-refractivity contribution >= 4 is 5.91 Å². The van der Waals surface area contributed by atoms with Crippen molar-refractivity contribution in [2.24, 2.45) is 0 Å². The summed E-state index contributed by atoms with van der Waals surface area (Å²) >= 11 is 0. The number of piperazine rings is 1. The molecule has 38 heavy (non-hydrogen) atoms. The fourth-order valence-electron chi connectivity index (χ4n) is 5.10. The van der Waals surface area contributed by atoms with E-state index in [1.165, 1.54) is 11.1 Å². The van der Waals surface area contributed by atoms with Crippen LogP contribution in [0.1, 0.15) is 27.2 Å². The number of hydrogen-bond acceptors (Lipinski definition) is 6. The number of carbonyl (C=O) groups excluding carboxylic acids is 1. The first kappa shape index (κ1) is 24.2. The fourth-order valence-corrected chi connectivity index (χ4v) is 5.10. The Labute approximate surface area is 222 Å². The van der Waals surface area contributed by atoms with E-state index in [-0.39, 0.29) is 5.91 Å². The average Bonchev–Trinajstić information content (AvgIpc) is 3.55. The van der Waals surface area contributed by atoms with E-state index < -0.39 is 0 Å². The number of carbonyl (C=O) groups is 1. The van der Waals surface area contributed by atoms with Crippen molar-refractivity contribution in [3.8, 4) is 22.8 Å². The van der Waals surface area contributed by atoms with E-state index in [4.69, 9.17) is 9.47 Å². The molecule has 6 rings (SSSR count). The molecule has 1 fully saturated rings. The molecular formula is C30H31N5O3. The molecule has 4 heterocycles. The summed E-state index contributed by atoms with van der Waals surface area (Å²) in [5.41, 5.74) is 9.21. The summed E-state index contributed by atoms with van der Waals surface area (Å²) in [5.74, 6) is 1.51. The second-order valence-electron chi connectivity index (χ2n) is 9.76. The van der Waals surface area contributed by atoms with E-state index in [0.29, 0.717) is 12.4 Å². The highest BCUT2D eigenvalue weighted by Crippen LogP contribution is 2.33. The number of fused-ring (bicyclic) bond motifs is 1. The summed E-state index contributed by atoms with van der Waals surface area (Å²) in [7, 11) is 0. The van der Waals surface area contributed by atoms with Gasteiger partial charge in [-0.3, -0.25) is 29.7 Å². The number of nitrogens with zero attached hydrogens (tertiary/aromatic N) is 4. The number of hydrogen-bond donors (Lipinski definition) is 1. The van der Waals surface area contributed by atoms with Crippen molar-refractivity contribution in [2.45, 2.75) is 20.0 Å². The number of aromatic nitrogens is 2. The van der Waals surface area contributed by atoms with Crippen LogP contribution < -0.4 is 14.9 Å². The van der Waals surface area contributed by atoms with E-state index >= 15 is 0 Å². The summed E-state index contributed by atoms with van der Waals surface area (Å²) < 4.78 is 12.9. The third kappa shape index (κ3) is 5.14. The highest BCUT2D eigenvalue weighted by molar-refractivity contribution is 6.00. The largest absolute Gasteiger partial charge is 0.454 e. The first-order valence-electron chi connectivity index (χ1n) is 13.0. The van der Waals surface area contributed by atoms with E-state index in [0.717, 1.165) is 67.7 Å². The van der Waals surface area contributed by atoms with Crippen molar-refractivity contribution in [2.75, 3.05) is 38.4 Å². The third-order valence-corrected chi connectivity index (χ3v) is 7.28. The lowest BCUT2D eigenvalue weighted by Crippen LogP contribution is -2.45. The van der Waals surface area contributed by atoms with Crippen molar-refractivity contribution < 1.29 is 14.3 Å². The Morgan fingerprint density at radius 2 is 1.58 bits per heavy atom. The Balaban J connectivity index is 1.15. The van der Waals surface area contributed by atoms with Gasteiger partial charge in [0.15, 0.2) is 11.5 Å². The molecule has 0 atom stereocenters. The van der Waals surface area contributed by atoms with Crippen LogP contribution in [0.15, 0.2) is 79.1 Å². The van der Waals surface area contributed by atoms with Crippen LogP contribution in [-0.4, -0.2) is 58.3 Å². The molecule has 0 radical (unpaired) electrons. The lowest BCUT2D eigenvalue weighted by molar-refractivity contribution is 0.101. The predicted octanol–water partition coefficient (Wildman–Crippen LogP) is 4.29. The van der Waals surface area contributed by atoms with Crippen LogP contribution in [0.2, 0.25) is 0 Å². The van der Waals surface area contributed by atoms with Gasteiger partial charge < -0.3 is 9.47 Å². The van der Waals surface area contributed by atoms with E-state index in [2.05, 4.69) is 57.5 Å². The number of nitrogens with one attached hydrogen (secondary N) is 1. The Morgan fingerprint density at radius 1 is 0.868 bits per heavy atom. The number of pyridine rings is 1. The second-order valence-corrected chi connectivity index (χ2v) is 9.76. The summed E-state index contributed by atoms with van der Waals surface area (Å²) in [4.78, 5) is 22.0. The number of amides is 1. The molecule has 2 aromatic carbocycles. The van der Waals surface area contributed by atoms with Crippen molar-refractivity contribution in [1.82, 2.24) is 19.5 Å². The lowest BCUT2D eigenvalue weighted by atomic mass is 10.1. The van der Waals surface area contributed by atoms with Gasteiger partial charge in [-0.15, -0.1) is 0 Å². The lowest BCUT2D eigenvalue weighted by Gasteiger charge is -2.34. The van der Waals surface area contributed by atoms with Gasteiger partial charge in [0.05, 0.1) is 5.69 Å². The molecule has 4 aromatic rings. The van der Waals surface area contributed by atoms with Crippen LogP contribution in [0.5, 0.6) is 11.5 Å². The van der Waals surface area contributed by atoms with Crippen molar-refractivity contribution in [3.63, 3.8) is 0 Å². The molecule has 0 spiro atoms. The maximum absolute atomic E-state index is 13.0. The van der Waals surface area contributed by atoms with Gasteiger partial charge in [0.25, 0.3) is 5.91 Å². The van der Waals surface area contributed by atoms with Gasteiger partial charge in [0.1, 0.15) is 0 Å². The van der Waals surface area contributed by atoms with Crippen molar-refractivity contribution in [1.29, 1.82) is 0 Å². The number of ether oxygens (including phenoxy) is 2. The maximum atomic E-state index is 13.0. The molecule has 1 N–H and O–H groups in total. The molecule has 1 saturated heterocycles. The van der Waals surface area contributed by atoms with Gasteiger partial charge in [-0.1, -0.05) is 36.4 Å². The molecule has 194 valence electrons. The minimum atomic E-state index is -0.160. The standard InChI is InChI=1S/C30H31N5O3/c1-22-26(20-34-15-13-33(14-16-34)19-23-7-8-28-29(17-23)38-21-37-28)18-27(24-5-3-2-4-6-24)35(22)32-30(36)25-9-11-31-12-10-25/h2-12,17-18H,13-16,19-21H2,1H3,(H,32,36). The predicted molar refractivity (Wildman–Crippen MR) is 146 cm³/mol. The molecule has 0 bridgehead atoms. The highest BCUT2D eigenvalue weighted by Gasteiger charge is 2.22. The second kappa shape index (κ2) is 10.7. The zero-order chi connectivity index (χ0) is 25.9. The fraction of sp³-hybridized carbons (Fsp3) is 0.267. The molecule has 0 unspecified atom stereocenters. The third-order valence-electron chi connectivity index (χ3n) is 7.28. The van der Waals surface area contributed by atoms with Crippen LogP contribution in [0, 0.1) is 6.92 Å². The first-order valence-corrected chi connectivity index (χ1v) is 13.0. The Bertz CT molecular complexity index is 1410. The van der Waals surface area contributed by atoms with E-state index in [1.54, 1.807) is 24.5 Å². The van der Waals surface area contributed by atoms with Crippen LogP contribution in [0.4, 0.5) is 0 Å². The summed E-state index contributed by atoms with van der Waals surface area (Å²) in [5, 5.41) is 0. The van der Waals surface area contributed by atoms with E-state index in [1.807, 2.05) is 28.9 Å². The number of rotatable bonds is 7. The summed E-state index contributed by atoms with van der Waals surface area (Å²) in [6.07, 6.45) is 3.26. The molecule has 1 amide bonds. The van der Waals surface area contributed by atoms with Gasteiger partial charge in [0.2, 0.25) is 6.79 Å². The molecule has 8 nitrogen and oxygen atoms in total. The van der Waals surface area contributed by atoms with Crippen LogP contribution >= 0.6 is 0 Å². The summed E-state index contributed by atoms with van der Waals surface area (Å²) in [6, 6.07) is 22.0. The quantitative estimate of drug-likeness (QED) is 0.401. The SMILES string of the molecule is Cc1c(CN2CCN(Cc3ccc4c(c3)OCO4)CC2)cc(-c2ccccc2)n1NC(=O)c1ccncc1. The number of benzene rings is 2. The Morgan fingerprint density at radius 3 is 2.34 bits per heavy atom. The Hall–Kier alpha value is -4.14. The normalized spacial score (nSPS) is 15.5. The van der Waals surface area contributed by atoms with Crippen LogP contribution in [-0.2, 0) is 13.1 Å². The minimum absolute atomic E-state index is 0.160.